The Morgan fingerprint density at radius 1 is 1.33 bits per heavy atom. The number of benzene rings is 1. The Labute approximate surface area is 149 Å². The van der Waals surface area contributed by atoms with E-state index in [0.717, 1.165) is 25.7 Å². The molecule has 0 aromatic heterocycles. The molecule has 1 saturated carbocycles. The van der Waals surface area contributed by atoms with Crippen molar-refractivity contribution >= 4 is 7.60 Å². The van der Waals surface area contributed by atoms with E-state index in [-0.39, 0.29) is 24.8 Å². The molecule has 0 saturated heterocycles. The zero-order chi connectivity index (χ0) is 16.9. The van der Waals surface area contributed by atoms with Crippen molar-refractivity contribution in [1.29, 1.82) is 0 Å². The highest BCUT2D eigenvalue weighted by Gasteiger charge is 2.39. The highest BCUT2D eigenvalue weighted by Crippen LogP contribution is 2.53. The van der Waals surface area contributed by atoms with Gasteiger partial charge in [-0.1, -0.05) is 6.42 Å². The number of ether oxygens (including phenoxy) is 1. The Bertz CT molecular complexity index is 565. The zero-order valence-corrected chi connectivity index (χ0v) is 15.8. The minimum atomic E-state index is -3.83. The average Bonchev–Trinajstić information content (AvgIpc) is 2.54. The summed E-state index contributed by atoms with van der Waals surface area (Å²) in [6.07, 6.45) is 5.61. The van der Waals surface area contributed by atoms with Gasteiger partial charge in [-0.25, -0.2) is 0 Å². The van der Waals surface area contributed by atoms with Gasteiger partial charge in [0.1, 0.15) is 0 Å². The van der Waals surface area contributed by atoms with Crippen LogP contribution >= 0.6 is 7.60 Å². The van der Waals surface area contributed by atoms with E-state index in [1.165, 1.54) is 19.6 Å². The van der Waals surface area contributed by atoms with Crippen LogP contribution in [-0.2, 0) is 9.09 Å². The molecule has 2 unspecified atom stereocenters. The lowest BCUT2D eigenvalue weighted by molar-refractivity contribution is -0.713. The standard InChI is InChI=1S/C16H26NO5P.ClH/c1-3-22-23(19,20)16(17-13-7-5-4-6-8-13)12-9-10-14(18)15(11-12)21-2;/h9-11,13,16-18H,3-8H2,1-2H3,(H,19,20);1H. The molecule has 0 heterocycles. The summed E-state index contributed by atoms with van der Waals surface area (Å²) < 4.78 is 23.0. The maximum absolute atomic E-state index is 12.7. The minimum absolute atomic E-state index is 0. The molecule has 8 heteroatoms. The van der Waals surface area contributed by atoms with E-state index >= 15 is 0 Å². The summed E-state index contributed by atoms with van der Waals surface area (Å²) in [7, 11) is -2.37. The summed E-state index contributed by atoms with van der Waals surface area (Å²) in [6.45, 7) is 1.88. The first-order valence-corrected chi connectivity index (χ1v) is 9.81. The molecule has 0 spiro atoms. The number of halogens is 1. The van der Waals surface area contributed by atoms with Gasteiger partial charge in [0.05, 0.1) is 19.8 Å². The van der Waals surface area contributed by atoms with Crippen LogP contribution in [0.3, 0.4) is 0 Å². The van der Waals surface area contributed by atoms with Crippen molar-refractivity contribution < 1.29 is 41.5 Å². The number of quaternary nitrogens is 1. The third kappa shape index (κ3) is 5.36. The van der Waals surface area contributed by atoms with E-state index in [1.54, 1.807) is 19.1 Å². The minimum Gasteiger partial charge on any atom is -1.00 e. The summed E-state index contributed by atoms with van der Waals surface area (Å²) in [5.74, 6) is -0.405. The smallest absolute Gasteiger partial charge is 0.389 e. The van der Waals surface area contributed by atoms with Gasteiger partial charge in [-0.15, -0.1) is 0 Å². The highest BCUT2D eigenvalue weighted by molar-refractivity contribution is 7.52. The zero-order valence-electron chi connectivity index (χ0n) is 14.2. The van der Waals surface area contributed by atoms with Crippen molar-refractivity contribution in [1.82, 2.24) is 0 Å². The number of rotatable bonds is 7. The maximum atomic E-state index is 12.7. The van der Waals surface area contributed by atoms with E-state index in [1.807, 2.05) is 5.32 Å². The third-order valence-electron chi connectivity index (χ3n) is 4.32. The first kappa shape index (κ1) is 21.3. The predicted molar refractivity (Wildman–Crippen MR) is 87.6 cm³/mol. The lowest BCUT2D eigenvalue weighted by Crippen LogP contribution is -3.00. The van der Waals surface area contributed by atoms with Gasteiger partial charge in [-0.2, -0.15) is 0 Å². The van der Waals surface area contributed by atoms with Crippen molar-refractivity contribution in [2.75, 3.05) is 13.7 Å². The Kier molecular flexibility index (Phi) is 8.54. The van der Waals surface area contributed by atoms with Crippen LogP contribution in [0, 0.1) is 0 Å². The van der Waals surface area contributed by atoms with Gasteiger partial charge in [-0.05, 0) is 50.8 Å². The number of hydrogen-bond acceptors (Lipinski definition) is 4. The van der Waals surface area contributed by atoms with Crippen molar-refractivity contribution in [2.45, 2.75) is 50.9 Å². The molecule has 138 valence electrons. The molecule has 4 N–H and O–H groups in total. The first-order chi connectivity index (χ1) is 11.0. The number of hydrogen-bond donors (Lipinski definition) is 3. The second-order valence-corrected chi connectivity index (χ2v) is 7.89. The number of phenols is 1. The molecule has 24 heavy (non-hydrogen) atoms. The number of nitrogens with two attached hydrogens (primary N) is 1. The molecule has 2 rings (SSSR count). The Morgan fingerprint density at radius 2 is 2.00 bits per heavy atom. The molecule has 0 radical (unpaired) electrons. The van der Waals surface area contributed by atoms with Gasteiger partial charge in [0.25, 0.3) is 0 Å². The molecule has 0 amide bonds. The summed E-state index contributed by atoms with van der Waals surface area (Å²) in [4.78, 5) is 10.4. The van der Waals surface area contributed by atoms with Gasteiger partial charge in [-0.3, -0.25) is 4.57 Å². The van der Waals surface area contributed by atoms with E-state index in [9.17, 15) is 14.6 Å². The average molecular weight is 380 g/mol. The molecule has 1 aliphatic rings. The van der Waals surface area contributed by atoms with Crippen LogP contribution in [0.1, 0.15) is 50.4 Å². The lowest BCUT2D eigenvalue weighted by atomic mass is 9.95. The Balaban J connectivity index is 0.00000288. The van der Waals surface area contributed by atoms with Crippen LogP contribution < -0.4 is 22.5 Å². The first-order valence-electron chi connectivity index (χ1n) is 8.16. The normalized spacial score (nSPS) is 19.1. The molecule has 6 nitrogen and oxygen atoms in total. The monoisotopic (exact) mass is 379 g/mol. The van der Waals surface area contributed by atoms with Gasteiger partial charge in [0.2, 0.25) is 5.78 Å². The van der Waals surface area contributed by atoms with Gasteiger partial charge >= 0.3 is 7.60 Å². The van der Waals surface area contributed by atoms with Crippen LogP contribution in [-0.4, -0.2) is 29.8 Å². The van der Waals surface area contributed by atoms with Crippen LogP contribution in [0.25, 0.3) is 0 Å². The fourth-order valence-electron chi connectivity index (χ4n) is 3.14. The Morgan fingerprint density at radius 3 is 2.58 bits per heavy atom. The SMILES string of the molecule is CCOP(=O)(O)C([NH2+]C1CCCCC1)c1ccc(O)c(OC)c1.[Cl-]. The van der Waals surface area contributed by atoms with E-state index in [4.69, 9.17) is 9.26 Å². The molecular weight excluding hydrogens is 353 g/mol. The molecule has 0 bridgehead atoms. The molecule has 0 aliphatic heterocycles. The van der Waals surface area contributed by atoms with E-state index in [2.05, 4.69) is 0 Å². The van der Waals surface area contributed by atoms with Gasteiger partial charge < -0.3 is 37.0 Å². The van der Waals surface area contributed by atoms with Crippen LogP contribution in [0.4, 0.5) is 0 Å². The Hall–Kier alpha value is -0.780. The maximum Gasteiger partial charge on any atom is 0.389 e. The summed E-state index contributed by atoms with van der Waals surface area (Å²) in [5.41, 5.74) is 0.629. The number of methoxy groups -OCH3 is 1. The van der Waals surface area contributed by atoms with Crippen molar-refractivity contribution in [3.63, 3.8) is 0 Å². The highest BCUT2D eigenvalue weighted by atomic mass is 35.5. The molecule has 1 aliphatic carbocycles. The molecule has 2 atom stereocenters. The number of aromatic hydroxyl groups is 1. The van der Waals surface area contributed by atoms with Crippen molar-refractivity contribution in [3.8, 4) is 11.5 Å². The fourth-order valence-corrected chi connectivity index (χ4v) is 4.67. The molecular formula is C16H27ClNO5P. The van der Waals surface area contributed by atoms with E-state index in [0.29, 0.717) is 17.4 Å². The van der Waals surface area contributed by atoms with Crippen LogP contribution in [0.5, 0.6) is 11.5 Å². The molecule has 1 aromatic carbocycles. The largest absolute Gasteiger partial charge is 1.00 e. The fraction of sp³-hybridized carbons (Fsp3) is 0.625. The topological polar surface area (TPSA) is 92.6 Å². The summed E-state index contributed by atoms with van der Waals surface area (Å²) >= 11 is 0. The van der Waals surface area contributed by atoms with Crippen LogP contribution in [0.15, 0.2) is 18.2 Å². The van der Waals surface area contributed by atoms with Crippen LogP contribution in [0.2, 0.25) is 0 Å². The molecule has 1 aromatic rings. The van der Waals surface area contributed by atoms with E-state index < -0.39 is 13.4 Å². The third-order valence-corrected chi connectivity index (χ3v) is 6.12. The molecule has 1 fully saturated rings. The second kappa shape index (κ2) is 9.64. The van der Waals surface area contributed by atoms with Gasteiger partial charge in [0, 0.05) is 5.56 Å². The van der Waals surface area contributed by atoms with Gasteiger partial charge in [0.15, 0.2) is 11.5 Å². The lowest BCUT2D eigenvalue weighted by Gasteiger charge is -2.27. The second-order valence-electron chi connectivity index (χ2n) is 5.95. The predicted octanol–water partition coefficient (Wildman–Crippen LogP) is -0.479. The van der Waals surface area contributed by atoms with Crippen molar-refractivity contribution in [3.05, 3.63) is 23.8 Å². The number of phenolic OH excluding ortho intramolecular Hbond substituents is 1. The quantitative estimate of drug-likeness (QED) is 0.557. The summed E-state index contributed by atoms with van der Waals surface area (Å²) in [6, 6.07) is 5.07. The summed E-state index contributed by atoms with van der Waals surface area (Å²) in [5, 5.41) is 11.7. The van der Waals surface area contributed by atoms with Crippen molar-refractivity contribution in [2.24, 2.45) is 0 Å².